The monoisotopic (exact) mass is 273 g/mol. The molecule has 0 aromatic heterocycles. The van der Waals surface area contributed by atoms with Crippen LogP contribution in [0.15, 0.2) is 24.3 Å². The van der Waals surface area contributed by atoms with Gasteiger partial charge < -0.3 is 10.4 Å². The van der Waals surface area contributed by atoms with Crippen molar-refractivity contribution in [3.8, 4) is 6.07 Å². The summed E-state index contributed by atoms with van der Waals surface area (Å²) in [4.78, 5) is 24.6. The Morgan fingerprint density at radius 3 is 2.70 bits per heavy atom. The first-order valence-corrected chi connectivity index (χ1v) is 6.37. The van der Waals surface area contributed by atoms with Gasteiger partial charge in [0.15, 0.2) is 0 Å². The summed E-state index contributed by atoms with van der Waals surface area (Å²) in [7, 11) is 0. The molecule has 0 bridgehead atoms. The number of nitriles is 1. The first kappa shape index (κ1) is 14.0. The van der Waals surface area contributed by atoms with Gasteiger partial charge in [-0.25, -0.2) is 0 Å². The molecule has 20 heavy (non-hydrogen) atoms. The van der Waals surface area contributed by atoms with Crippen molar-refractivity contribution in [2.75, 3.05) is 18.4 Å². The maximum Gasteiger partial charge on any atom is 0.320 e. The summed E-state index contributed by atoms with van der Waals surface area (Å²) < 4.78 is 0. The van der Waals surface area contributed by atoms with E-state index in [1.165, 1.54) is 0 Å². The van der Waals surface area contributed by atoms with Crippen LogP contribution >= 0.6 is 0 Å². The maximum atomic E-state index is 11.9. The Morgan fingerprint density at radius 1 is 1.40 bits per heavy atom. The summed E-state index contributed by atoms with van der Waals surface area (Å²) in [5.41, 5.74) is 1.12. The Kier molecular flexibility index (Phi) is 4.33. The fourth-order valence-electron chi connectivity index (χ4n) is 2.31. The minimum atomic E-state index is -0.881. The van der Waals surface area contributed by atoms with Crippen LogP contribution in [-0.2, 0) is 9.59 Å². The molecule has 6 heteroatoms. The standard InChI is InChI=1S/C14H15N3O3/c15-8-10-3-5-11(6-4-10)16-13(18)9-17-7-1-2-12(17)14(19)20/h3-6,12H,1-2,7,9H2,(H,16,18)(H,19,20). The number of carboxylic acid groups (broad SMARTS) is 1. The molecule has 0 saturated carbocycles. The van der Waals surface area contributed by atoms with E-state index in [1.807, 2.05) is 6.07 Å². The van der Waals surface area contributed by atoms with Crippen LogP contribution in [0.5, 0.6) is 0 Å². The highest BCUT2D eigenvalue weighted by Crippen LogP contribution is 2.17. The summed E-state index contributed by atoms with van der Waals surface area (Å²) in [6, 6.07) is 7.96. The van der Waals surface area contributed by atoms with Crippen molar-refractivity contribution in [1.82, 2.24) is 4.90 Å². The molecule has 1 fully saturated rings. The lowest BCUT2D eigenvalue weighted by molar-refractivity contribution is -0.142. The third-order valence-electron chi connectivity index (χ3n) is 3.29. The number of likely N-dealkylation sites (tertiary alicyclic amines) is 1. The van der Waals surface area contributed by atoms with Gasteiger partial charge in [-0.1, -0.05) is 0 Å². The van der Waals surface area contributed by atoms with Crippen molar-refractivity contribution in [3.63, 3.8) is 0 Å². The molecule has 1 aromatic rings. The Labute approximate surface area is 116 Å². The van der Waals surface area contributed by atoms with Crippen molar-refractivity contribution >= 4 is 17.6 Å². The first-order chi connectivity index (χ1) is 9.60. The van der Waals surface area contributed by atoms with Gasteiger partial charge in [0.05, 0.1) is 18.2 Å². The van der Waals surface area contributed by atoms with E-state index in [-0.39, 0.29) is 12.5 Å². The number of carbonyl (C=O) groups is 2. The van der Waals surface area contributed by atoms with Crippen LogP contribution in [0.25, 0.3) is 0 Å². The molecule has 0 radical (unpaired) electrons. The summed E-state index contributed by atoms with van der Waals surface area (Å²) in [5, 5.41) is 20.4. The number of amides is 1. The fourth-order valence-corrected chi connectivity index (χ4v) is 2.31. The van der Waals surface area contributed by atoms with Crippen LogP contribution < -0.4 is 5.32 Å². The van der Waals surface area contributed by atoms with Gasteiger partial charge >= 0.3 is 5.97 Å². The van der Waals surface area contributed by atoms with Crippen molar-refractivity contribution in [2.45, 2.75) is 18.9 Å². The largest absolute Gasteiger partial charge is 0.480 e. The molecule has 1 unspecified atom stereocenters. The zero-order chi connectivity index (χ0) is 14.5. The van der Waals surface area contributed by atoms with Gasteiger partial charge in [-0.15, -0.1) is 0 Å². The predicted molar refractivity (Wildman–Crippen MR) is 72.0 cm³/mol. The Bertz CT molecular complexity index is 548. The molecule has 1 heterocycles. The summed E-state index contributed by atoms with van der Waals surface area (Å²) in [6.07, 6.45) is 1.38. The lowest BCUT2D eigenvalue weighted by atomic mass is 10.2. The van der Waals surface area contributed by atoms with Crippen molar-refractivity contribution in [3.05, 3.63) is 29.8 Å². The minimum Gasteiger partial charge on any atom is -0.480 e. The van der Waals surface area contributed by atoms with Gasteiger partial charge in [0.1, 0.15) is 6.04 Å². The zero-order valence-corrected chi connectivity index (χ0v) is 10.9. The van der Waals surface area contributed by atoms with E-state index < -0.39 is 12.0 Å². The number of aliphatic carboxylic acids is 1. The molecule has 1 aliphatic heterocycles. The van der Waals surface area contributed by atoms with Gasteiger partial charge in [-0.05, 0) is 43.7 Å². The van der Waals surface area contributed by atoms with Gasteiger partial charge in [-0.3, -0.25) is 14.5 Å². The molecule has 2 rings (SSSR count). The molecule has 1 amide bonds. The predicted octanol–water partition coefficient (Wildman–Crippen LogP) is 1.05. The Morgan fingerprint density at radius 2 is 2.10 bits per heavy atom. The third-order valence-corrected chi connectivity index (χ3v) is 3.29. The van der Waals surface area contributed by atoms with Crippen molar-refractivity contribution in [1.29, 1.82) is 5.26 Å². The number of benzene rings is 1. The maximum absolute atomic E-state index is 11.9. The van der Waals surface area contributed by atoms with Crippen LogP contribution in [0.2, 0.25) is 0 Å². The number of nitrogens with zero attached hydrogens (tertiary/aromatic N) is 2. The first-order valence-electron chi connectivity index (χ1n) is 6.37. The summed E-state index contributed by atoms with van der Waals surface area (Å²) in [5.74, 6) is -1.13. The molecule has 6 nitrogen and oxygen atoms in total. The number of carboxylic acids is 1. The van der Waals surface area contributed by atoms with Crippen LogP contribution in [0.3, 0.4) is 0 Å². The Hall–Kier alpha value is -2.39. The van der Waals surface area contributed by atoms with Gasteiger partial charge in [0, 0.05) is 5.69 Å². The molecule has 0 spiro atoms. The van der Waals surface area contributed by atoms with Gasteiger partial charge in [0.25, 0.3) is 0 Å². The third kappa shape index (κ3) is 3.33. The van der Waals surface area contributed by atoms with E-state index in [0.717, 1.165) is 6.42 Å². The molecule has 1 atom stereocenters. The molecule has 104 valence electrons. The topological polar surface area (TPSA) is 93.4 Å². The lowest BCUT2D eigenvalue weighted by Gasteiger charge is -2.20. The number of hydrogen-bond acceptors (Lipinski definition) is 4. The highest BCUT2D eigenvalue weighted by atomic mass is 16.4. The second-order valence-corrected chi connectivity index (χ2v) is 4.70. The van der Waals surface area contributed by atoms with E-state index in [9.17, 15) is 9.59 Å². The van der Waals surface area contributed by atoms with E-state index in [1.54, 1.807) is 29.2 Å². The molecular formula is C14H15N3O3. The smallest absolute Gasteiger partial charge is 0.320 e. The average molecular weight is 273 g/mol. The van der Waals surface area contributed by atoms with Gasteiger partial charge in [-0.2, -0.15) is 5.26 Å². The molecule has 0 aliphatic carbocycles. The zero-order valence-electron chi connectivity index (χ0n) is 10.9. The number of carbonyl (C=O) groups excluding carboxylic acids is 1. The number of anilines is 1. The highest BCUT2D eigenvalue weighted by Gasteiger charge is 2.31. The number of hydrogen-bond donors (Lipinski definition) is 2. The quantitative estimate of drug-likeness (QED) is 0.855. The number of rotatable bonds is 4. The molecule has 2 N–H and O–H groups in total. The summed E-state index contributed by atoms with van der Waals surface area (Å²) >= 11 is 0. The van der Waals surface area contributed by atoms with Crippen molar-refractivity contribution < 1.29 is 14.7 Å². The average Bonchev–Trinajstić information content (AvgIpc) is 2.87. The highest BCUT2D eigenvalue weighted by molar-refractivity contribution is 5.92. The van der Waals surface area contributed by atoms with E-state index in [4.69, 9.17) is 10.4 Å². The van der Waals surface area contributed by atoms with E-state index in [0.29, 0.717) is 24.2 Å². The Balaban J connectivity index is 1.92. The fraction of sp³-hybridized carbons (Fsp3) is 0.357. The van der Waals surface area contributed by atoms with E-state index >= 15 is 0 Å². The SMILES string of the molecule is N#Cc1ccc(NC(=O)CN2CCCC2C(=O)O)cc1. The van der Waals surface area contributed by atoms with Crippen LogP contribution in [0.1, 0.15) is 18.4 Å². The molecule has 1 aromatic carbocycles. The van der Waals surface area contributed by atoms with Crippen molar-refractivity contribution in [2.24, 2.45) is 0 Å². The second kappa shape index (κ2) is 6.17. The van der Waals surface area contributed by atoms with Crippen LogP contribution in [0.4, 0.5) is 5.69 Å². The normalized spacial score (nSPS) is 18.4. The summed E-state index contributed by atoms with van der Waals surface area (Å²) in [6.45, 7) is 0.689. The number of nitrogens with one attached hydrogen (secondary N) is 1. The lowest BCUT2D eigenvalue weighted by Crippen LogP contribution is -2.40. The second-order valence-electron chi connectivity index (χ2n) is 4.70. The minimum absolute atomic E-state index is 0.0664. The van der Waals surface area contributed by atoms with Gasteiger partial charge in [0.2, 0.25) is 5.91 Å². The van der Waals surface area contributed by atoms with E-state index in [2.05, 4.69) is 5.32 Å². The van der Waals surface area contributed by atoms with Crippen LogP contribution in [-0.4, -0.2) is 41.0 Å². The van der Waals surface area contributed by atoms with Crippen LogP contribution in [0, 0.1) is 11.3 Å². The molecular weight excluding hydrogens is 258 g/mol. The molecule has 1 saturated heterocycles. The molecule has 1 aliphatic rings.